The maximum Gasteiger partial charge on any atom is 0.101 e. The topological polar surface area (TPSA) is 39.1 Å². The highest BCUT2D eigenvalue weighted by Gasteiger charge is 2.20. The van der Waals surface area contributed by atoms with Gasteiger partial charge >= 0.3 is 0 Å². The van der Waals surface area contributed by atoms with E-state index in [0.717, 1.165) is 16.7 Å². The van der Waals surface area contributed by atoms with Crippen molar-refractivity contribution in [2.45, 2.75) is 18.9 Å². The van der Waals surface area contributed by atoms with Crippen LogP contribution in [-0.2, 0) is 0 Å². The summed E-state index contributed by atoms with van der Waals surface area (Å²) in [6.07, 6.45) is 2.51. The third kappa shape index (κ3) is 2.99. The van der Waals surface area contributed by atoms with Crippen LogP contribution in [0.15, 0.2) is 22.7 Å². The van der Waals surface area contributed by atoms with Gasteiger partial charge in [0.15, 0.2) is 0 Å². The van der Waals surface area contributed by atoms with E-state index in [4.69, 9.17) is 5.26 Å². The van der Waals surface area contributed by atoms with Gasteiger partial charge in [-0.3, -0.25) is 0 Å². The first kappa shape index (κ1) is 12.4. The summed E-state index contributed by atoms with van der Waals surface area (Å²) in [7, 11) is 2.16. The lowest BCUT2D eigenvalue weighted by atomic mass is 10.1. The van der Waals surface area contributed by atoms with Crippen LogP contribution in [0, 0.1) is 11.3 Å². The van der Waals surface area contributed by atoms with Gasteiger partial charge in [-0.2, -0.15) is 5.26 Å². The van der Waals surface area contributed by atoms with Crippen molar-refractivity contribution in [2.24, 2.45) is 0 Å². The van der Waals surface area contributed by atoms with Crippen LogP contribution in [0.5, 0.6) is 0 Å². The van der Waals surface area contributed by atoms with E-state index in [0.29, 0.717) is 11.6 Å². The van der Waals surface area contributed by atoms with Crippen LogP contribution < -0.4 is 5.32 Å². The van der Waals surface area contributed by atoms with Crippen LogP contribution in [-0.4, -0.2) is 31.1 Å². The third-order valence-electron chi connectivity index (χ3n) is 3.30. The predicted octanol–water partition coefficient (Wildman–Crippen LogP) is 2.83. The van der Waals surface area contributed by atoms with Gasteiger partial charge in [-0.05, 0) is 44.6 Å². The molecule has 17 heavy (non-hydrogen) atoms. The Kier molecular flexibility index (Phi) is 4.03. The van der Waals surface area contributed by atoms with Crippen molar-refractivity contribution < 1.29 is 0 Å². The average Bonchev–Trinajstić information content (AvgIpc) is 2.72. The fourth-order valence-corrected chi connectivity index (χ4v) is 2.59. The number of nitrogens with zero attached hydrogens (tertiary/aromatic N) is 2. The fourth-order valence-electron chi connectivity index (χ4n) is 2.23. The van der Waals surface area contributed by atoms with E-state index in [2.05, 4.69) is 39.3 Å². The minimum Gasteiger partial charge on any atom is -0.382 e. The fraction of sp³-hybridized carbons (Fsp3) is 0.462. The van der Waals surface area contributed by atoms with E-state index in [-0.39, 0.29) is 0 Å². The minimum absolute atomic E-state index is 0.584. The Balaban J connectivity index is 2.03. The Morgan fingerprint density at radius 1 is 1.59 bits per heavy atom. The van der Waals surface area contributed by atoms with Crippen molar-refractivity contribution in [3.63, 3.8) is 0 Å². The van der Waals surface area contributed by atoms with Gasteiger partial charge in [-0.25, -0.2) is 0 Å². The second kappa shape index (κ2) is 5.52. The molecule has 2 rings (SSSR count). The first-order valence-electron chi connectivity index (χ1n) is 5.84. The van der Waals surface area contributed by atoms with Gasteiger partial charge in [0.05, 0.1) is 11.3 Å². The molecule has 1 atom stereocenters. The molecule has 0 aliphatic carbocycles. The SMILES string of the molecule is CN1CCCC1CNc1cc(Br)ccc1C#N. The summed E-state index contributed by atoms with van der Waals surface area (Å²) in [4.78, 5) is 2.37. The number of hydrogen-bond donors (Lipinski definition) is 1. The van der Waals surface area contributed by atoms with Crippen LogP contribution in [0.1, 0.15) is 18.4 Å². The molecule has 1 aromatic rings. The van der Waals surface area contributed by atoms with Crippen LogP contribution in [0.2, 0.25) is 0 Å². The zero-order chi connectivity index (χ0) is 12.3. The maximum absolute atomic E-state index is 9.04. The number of benzene rings is 1. The Hall–Kier alpha value is -1.05. The molecule has 1 aliphatic heterocycles. The van der Waals surface area contributed by atoms with Gasteiger partial charge in [-0.1, -0.05) is 15.9 Å². The summed E-state index contributed by atoms with van der Waals surface area (Å²) in [5.41, 5.74) is 1.62. The molecule has 0 bridgehead atoms. The molecule has 1 aliphatic rings. The van der Waals surface area contributed by atoms with E-state index >= 15 is 0 Å². The van der Waals surface area contributed by atoms with Crippen molar-refractivity contribution in [3.05, 3.63) is 28.2 Å². The van der Waals surface area contributed by atoms with Gasteiger partial charge in [0.2, 0.25) is 0 Å². The number of hydrogen-bond acceptors (Lipinski definition) is 3. The van der Waals surface area contributed by atoms with Crippen molar-refractivity contribution in [1.82, 2.24) is 4.90 Å². The number of nitriles is 1. The number of anilines is 1. The van der Waals surface area contributed by atoms with Gasteiger partial charge in [0.25, 0.3) is 0 Å². The lowest BCUT2D eigenvalue weighted by Crippen LogP contribution is -2.31. The molecule has 1 heterocycles. The Morgan fingerprint density at radius 3 is 3.06 bits per heavy atom. The predicted molar refractivity (Wildman–Crippen MR) is 73.0 cm³/mol. The molecule has 0 radical (unpaired) electrons. The summed E-state index contributed by atoms with van der Waals surface area (Å²) in [6.45, 7) is 2.08. The number of nitrogens with one attached hydrogen (secondary N) is 1. The van der Waals surface area contributed by atoms with Gasteiger partial charge < -0.3 is 10.2 Å². The standard InChI is InChI=1S/C13H16BrN3/c1-17-6-2-3-12(17)9-16-13-7-11(14)5-4-10(13)8-15/h4-5,7,12,16H,2-3,6,9H2,1H3. The maximum atomic E-state index is 9.04. The summed E-state index contributed by atoms with van der Waals surface area (Å²) in [6, 6.07) is 8.49. The van der Waals surface area contributed by atoms with E-state index in [1.165, 1.54) is 19.4 Å². The molecule has 1 unspecified atom stereocenters. The van der Waals surface area contributed by atoms with Gasteiger partial charge in [-0.15, -0.1) is 0 Å². The normalized spacial score (nSPS) is 20.2. The van der Waals surface area contributed by atoms with Crippen molar-refractivity contribution in [2.75, 3.05) is 25.5 Å². The molecule has 0 spiro atoms. The minimum atomic E-state index is 0.584. The van der Waals surface area contributed by atoms with E-state index in [1.54, 1.807) is 0 Å². The lowest BCUT2D eigenvalue weighted by molar-refractivity contribution is 0.322. The highest BCUT2D eigenvalue weighted by atomic mass is 79.9. The van der Waals surface area contributed by atoms with E-state index in [1.807, 2.05) is 18.2 Å². The average molecular weight is 294 g/mol. The first-order valence-corrected chi connectivity index (χ1v) is 6.64. The van der Waals surface area contributed by atoms with Crippen LogP contribution in [0.3, 0.4) is 0 Å². The molecule has 1 aromatic carbocycles. The largest absolute Gasteiger partial charge is 0.382 e. The molecular weight excluding hydrogens is 278 g/mol. The quantitative estimate of drug-likeness (QED) is 0.931. The van der Waals surface area contributed by atoms with Crippen molar-refractivity contribution >= 4 is 21.6 Å². The molecular formula is C13H16BrN3. The number of halogens is 1. The molecule has 4 heteroatoms. The van der Waals surface area contributed by atoms with Crippen molar-refractivity contribution in [1.29, 1.82) is 5.26 Å². The summed E-state index contributed by atoms with van der Waals surface area (Å²) in [5, 5.41) is 12.4. The second-order valence-corrected chi connectivity index (χ2v) is 5.37. The second-order valence-electron chi connectivity index (χ2n) is 4.46. The van der Waals surface area contributed by atoms with E-state index in [9.17, 15) is 0 Å². The molecule has 3 nitrogen and oxygen atoms in total. The lowest BCUT2D eigenvalue weighted by Gasteiger charge is -2.20. The molecule has 90 valence electrons. The zero-order valence-corrected chi connectivity index (χ0v) is 11.5. The molecule has 0 aromatic heterocycles. The van der Waals surface area contributed by atoms with Gasteiger partial charge in [0, 0.05) is 17.1 Å². The molecule has 0 saturated carbocycles. The van der Waals surface area contributed by atoms with Gasteiger partial charge in [0.1, 0.15) is 6.07 Å². The summed E-state index contributed by atoms with van der Waals surface area (Å²) >= 11 is 3.43. The highest BCUT2D eigenvalue weighted by molar-refractivity contribution is 9.10. The zero-order valence-electron chi connectivity index (χ0n) is 9.91. The summed E-state index contributed by atoms with van der Waals surface area (Å²) < 4.78 is 0.999. The summed E-state index contributed by atoms with van der Waals surface area (Å²) in [5.74, 6) is 0. The van der Waals surface area contributed by atoms with Crippen LogP contribution in [0.25, 0.3) is 0 Å². The highest BCUT2D eigenvalue weighted by Crippen LogP contribution is 2.22. The first-order chi connectivity index (χ1) is 8.20. The molecule has 1 saturated heterocycles. The molecule has 1 N–H and O–H groups in total. The number of likely N-dealkylation sites (tertiary alicyclic amines) is 1. The van der Waals surface area contributed by atoms with E-state index < -0.39 is 0 Å². The van der Waals surface area contributed by atoms with Crippen LogP contribution in [0.4, 0.5) is 5.69 Å². The Morgan fingerprint density at radius 2 is 2.41 bits per heavy atom. The number of rotatable bonds is 3. The monoisotopic (exact) mass is 293 g/mol. The van der Waals surface area contributed by atoms with Crippen molar-refractivity contribution in [3.8, 4) is 6.07 Å². The molecule has 0 amide bonds. The van der Waals surface area contributed by atoms with Crippen LogP contribution >= 0.6 is 15.9 Å². The molecule has 1 fully saturated rings. The number of likely N-dealkylation sites (N-methyl/N-ethyl adjacent to an activating group) is 1. The smallest absolute Gasteiger partial charge is 0.101 e. The Bertz CT molecular complexity index is 439. The third-order valence-corrected chi connectivity index (χ3v) is 3.79. The Labute approximate surface area is 111 Å².